The molecule has 2 N–H and O–H groups in total. The minimum absolute atomic E-state index is 0.0453. The fraction of sp³-hybridized carbons (Fsp3) is 0.714. The second-order valence-electron chi connectivity index (χ2n) is 5.98. The van der Waals surface area contributed by atoms with E-state index in [1.54, 1.807) is 6.07 Å². The molecular formula is C14H22N2O2S2. The number of hydrogen-bond donors (Lipinski definition) is 2. The van der Waals surface area contributed by atoms with Crippen molar-refractivity contribution in [3.63, 3.8) is 0 Å². The smallest absolute Gasteiger partial charge is 0.250 e. The first-order chi connectivity index (χ1) is 9.54. The molecule has 2 saturated carbocycles. The van der Waals surface area contributed by atoms with Crippen molar-refractivity contribution in [3.05, 3.63) is 17.0 Å². The van der Waals surface area contributed by atoms with Gasteiger partial charge in [-0.15, -0.1) is 11.3 Å². The Hall–Kier alpha value is -0.430. The van der Waals surface area contributed by atoms with Crippen LogP contribution in [0.25, 0.3) is 0 Å². The molecule has 1 aromatic rings. The monoisotopic (exact) mass is 314 g/mol. The van der Waals surface area contributed by atoms with Gasteiger partial charge < -0.3 is 5.32 Å². The summed E-state index contributed by atoms with van der Waals surface area (Å²) in [5.41, 5.74) is 0. The van der Waals surface area contributed by atoms with Gasteiger partial charge in [0.1, 0.15) is 4.21 Å². The summed E-state index contributed by atoms with van der Waals surface area (Å²) in [6, 6.07) is 4.34. The first-order valence-corrected chi connectivity index (χ1v) is 9.69. The zero-order chi connectivity index (χ0) is 14.2. The summed E-state index contributed by atoms with van der Waals surface area (Å²) in [7, 11) is -3.34. The van der Waals surface area contributed by atoms with E-state index in [1.165, 1.54) is 30.6 Å². The molecule has 0 spiro atoms. The Morgan fingerprint density at radius 3 is 2.65 bits per heavy atom. The van der Waals surface area contributed by atoms with Gasteiger partial charge in [0.25, 0.3) is 0 Å². The van der Waals surface area contributed by atoms with Crippen LogP contribution >= 0.6 is 11.3 Å². The molecule has 1 atom stereocenters. The maximum Gasteiger partial charge on any atom is 0.250 e. The SMILES string of the molecule is CC(NS(=O)(=O)c1ccc(CNC2CC2)s1)C1CCC1. The highest BCUT2D eigenvalue weighted by molar-refractivity contribution is 7.91. The third kappa shape index (κ3) is 3.42. The second-order valence-corrected chi connectivity index (χ2v) is 9.09. The standard InChI is InChI=1S/C14H22N2O2S2/c1-10(11-3-2-4-11)16-20(17,18)14-8-7-13(19-14)9-15-12-5-6-12/h7-8,10-12,15-16H,2-6,9H2,1H3. The molecule has 0 amide bonds. The van der Waals surface area contributed by atoms with Crippen LogP contribution in [0.3, 0.4) is 0 Å². The Labute approximate surface area is 125 Å². The molecule has 6 heteroatoms. The predicted molar refractivity (Wildman–Crippen MR) is 81.3 cm³/mol. The third-order valence-corrected chi connectivity index (χ3v) is 7.38. The van der Waals surface area contributed by atoms with Crippen molar-refractivity contribution in [1.82, 2.24) is 10.0 Å². The molecule has 3 rings (SSSR count). The largest absolute Gasteiger partial charge is 0.309 e. The van der Waals surface area contributed by atoms with Crippen molar-refractivity contribution in [2.45, 2.75) is 61.9 Å². The van der Waals surface area contributed by atoms with E-state index in [1.807, 2.05) is 13.0 Å². The average molecular weight is 314 g/mol. The Balaban J connectivity index is 1.60. The third-order valence-electron chi connectivity index (χ3n) is 4.24. The Bertz CT molecular complexity index is 559. The zero-order valence-corrected chi connectivity index (χ0v) is 13.4. The first kappa shape index (κ1) is 14.5. The van der Waals surface area contributed by atoms with E-state index in [2.05, 4.69) is 10.0 Å². The van der Waals surface area contributed by atoms with Crippen molar-refractivity contribution in [1.29, 1.82) is 0 Å². The summed E-state index contributed by atoms with van der Waals surface area (Å²) in [5.74, 6) is 0.515. The van der Waals surface area contributed by atoms with Crippen molar-refractivity contribution in [2.75, 3.05) is 0 Å². The molecule has 0 bridgehead atoms. The maximum absolute atomic E-state index is 12.3. The molecule has 2 aliphatic carbocycles. The molecule has 0 aromatic carbocycles. The van der Waals surface area contributed by atoms with E-state index in [9.17, 15) is 8.42 Å². The van der Waals surface area contributed by atoms with Gasteiger partial charge >= 0.3 is 0 Å². The van der Waals surface area contributed by atoms with Crippen molar-refractivity contribution in [2.24, 2.45) is 5.92 Å². The summed E-state index contributed by atoms with van der Waals surface area (Å²) in [6.07, 6.45) is 6.01. The predicted octanol–water partition coefficient (Wildman–Crippen LogP) is 2.47. The topological polar surface area (TPSA) is 58.2 Å². The maximum atomic E-state index is 12.3. The van der Waals surface area contributed by atoms with Crippen LogP contribution in [0.5, 0.6) is 0 Å². The van der Waals surface area contributed by atoms with E-state index in [-0.39, 0.29) is 6.04 Å². The van der Waals surface area contributed by atoms with Gasteiger partial charge in [-0.1, -0.05) is 6.42 Å². The number of thiophene rings is 1. The van der Waals surface area contributed by atoms with Gasteiger partial charge in [-0.25, -0.2) is 13.1 Å². The summed E-state index contributed by atoms with van der Waals surface area (Å²) >= 11 is 1.38. The van der Waals surface area contributed by atoms with Gasteiger partial charge in [-0.3, -0.25) is 0 Å². The number of hydrogen-bond acceptors (Lipinski definition) is 4. The van der Waals surface area contributed by atoms with E-state index in [0.29, 0.717) is 16.2 Å². The van der Waals surface area contributed by atoms with Gasteiger partial charge in [0.15, 0.2) is 0 Å². The molecule has 4 nitrogen and oxygen atoms in total. The van der Waals surface area contributed by atoms with Crippen LogP contribution in [0.2, 0.25) is 0 Å². The van der Waals surface area contributed by atoms with Crippen LogP contribution in [0.15, 0.2) is 16.3 Å². The van der Waals surface area contributed by atoms with Crippen LogP contribution in [0, 0.1) is 5.92 Å². The van der Waals surface area contributed by atoms with Crippen LogP contribution in [0.1, 0.15) is 43.9 Å². The fourth-order valence-electron chi connectivity index (χ4n) is 2.47. The number of rotatable bonds is 7. The lowest BCUT2D eigenvalue weighted by atomic mass is 9.81. The minimum atomic E-state index is -3.34. The Kier molecular flexibility index (Phi) is 4.17. The van der Waals surface area contributed by atoms with Gasteiger partial charge in [0.05, 0.1) is 0 Å². The molecular weight excluding hydrogens is 292 g/mol. The quantitative estimate of drug-likeness (QED) is 0.813. The molecule has 0 radical (unpaired) electrons. The summed E-state index contributed by atoms with van der Waals surface area (Å²) < 4.78 is 27.9. The van der Waals surface area contributed by atoms with E-state index >= 15 is 0 Å². The van der Waals surface area contributed by atoms with Gasteiger partial charge in [0.2, 0.25) is 10.0 Å². The van der Waals surface area contributed by atoms with Gasteiger partial charge in [0, 0.05) is 23.5 Å². The van der Waals surface area contributed by atoms with Gasteiger partial charge in [-0.05, 0) is 50.7 Å². The highest BCUT2D eigenvalue weighted by atomic mass is 32.2. The fourth-order valence-corrected chi connectivity index (χ4v) is 5.10. The lowest BCUT2D eigenvalue weighted by Gasteiger charge is -2.31. The lowest BCUT2D eigenvalue weighted by molar-refractivity contribution is 0.260. The van der Waals surface area contributed by atoms with Crippen LogP contribution in [-0.2, 0) is 16.6 Å². The molecule has 1 unspecified atom stereocenters. The molecule has 2 fully saturated rings. The second kappa shape index (κ2) is 5.75. The molecule has 20 heavy (non-hydrogen) atoms. The lowest BCUT2D eigenvalue weighted by Crippen LogP contribution is -2.40. The average Bonchev–Trinajstić information content (AvgIpc) is 2.99. The highest BCUT2D eigenvalue weighted by Gasteiger charge is 2.28. The summed E-state index contributed by atoms with van der Waals surface area (Å²) in [6.45, 7) is 2.76. The summed E-state index contributed by atoms with van der Waals surface area (Å²) in [5, 5.41) is 3.41. The zero-order valence-electron chi connectivity index (χ0n) is 11.8. The highest BCUT2D eigenvalue weighted by Crippen LogP contribution is 2.31. The molecule has 1 aromatic heterocycles. The van der Waals surface area contributed by atoms with Crippen LogP contribution < -0.4 is 10.0 Å². The normalized spacial score (nSPS) is 21.6. The van der Waals surface area contributed by atoms with E-state index < -0.39 is 10.0 Å². The van der Waals surface area contributed by atoms with Crippen LogP contribution in [-0.4, -0.2) is 20.5 Å². The first-order valence-electron chi connectivity index (χ1n) is 7.39. The summed E-state index contributed by atoms with van der Waals surface area (Å²) in [4.78, 5) is 1.09. The number of sulfonamides is 1. The van der Waals surface area contributed by atoms with E-state index in [4.69, 9.17) is 0 Å². The van der Waals surface area contributed by atoms with Gasteiger partial charge in [-0.2, -0.15) is 0 Å². The van der Waals surface area contributed by atoms with E-state index in [0.717, 1.165) is 24.3 Å². The van der Waals surface area contributed by atoms with Crippen LogP contribution in [0.4, 0.5) is 0 Å². The van der Waals surface area contributed by atoms with Crippen molar-refractivity contribution in [3.8, 4) is 0 Å². The van der Waals surface area contributed by atoms with Crippen molar-refractivity contribution < 1.29 is 8.42 Å². The molecule has 2 aliphatic rings. The Morgan fingerprint density at radius 1 is 1.30 bits per heavy atom. The molecule has 1 heterocycles. The molecule has 0 saturated heterocycles. The Morgan fingerprint density at radius 2 is 2.05 bits per heavy atom. The molecule has 0 aliphatic heterocycles. The van der Waals surface area contributed by atoms with Crippen molar-refractivity contribution >= 4 is 21.4 Å². The minimum Gasteiger partial charge on any atom is -0.309 e. The molecule has 112 valence electrons. The number of nitrogens with one attached hydrogen (secondary N) is 2.